The summed E-state index contributed by atoms with van der Waals surface area (Å²) in [4.78, 5) is 12.7. The van der Waals surface area contributed by atoms with Gasteiger partial charge in [-0.2, -0.15) is 4.31 Å². The van der Waals surface area contributed by atoms with Gasteiger partial charge in [-0.05, 0) is 17.5 Å². The zero-order valence-electron chi connectivity index (χ0n) is 11.3. The lowest BCUT2D eigenvalue weighted by Crippen LogP contribution is -2.43. The van der Waals surface area contributed by atoms with Crippen molar-refractivity contribution in [1.82, 2.24) is 4.31 Å². The summed E-state index contributed by atoms with van der Waals surface area (Å²) >= 11 is 1.34. The van der Waals surface area contributed by atoms with E-state index in [0.717, 1.165) is 10.1 Å². The monoisotopic (exact) mass is 325 g/mol. The zero-order chi connectivity index (χ0) is 14.9. The van der Waals surface area contributed by atoms with Crippen LogP contribution in [0, 0.1) is 0 Å². The van der Waals surface area contributed by atoms with Crippen LogP contribution >= 0.6 is 11.3 Å². The fraction of sp³-hybridized carbons (Fsp3) is 0.357. The van der Waals surface area contributed by atoms with Crippen LogP contribution in [-0.4, -0.2) is 50.6 Å². The average molecular weight is 325 g/mol. The second-order valence-electron chi connectivity index (χ2n) is 4.84. The summed E-state index contributed by atoms with van der Waals surface area (Å²) in [7, 11) is -3.56. The van der Waals surface area contributed by atoms with E-state index in [1.807, 2.05) is 24.3 Å². The Morgan fingerprint density at radius 3 is 2.67 bits per heavy atom. The van der Waals surface area contributed by atoms with Crippen LogP contribution in [0.3, 0.4) is 0 Å². The molecule has 7 heteroatoms. The summed E-state index contributed by atoms with van der Waals surface area (Å²) < 4.78 is 31.9. The minimum Gasteiger partial charge on any atom is -0.379 e. The van der Waals surface area contributed by atoms with Crippen LogP contribution in [0.1, 0.15) is 9.67 Å². The van der Waals surface area contributed by atoms with E-state index in [1.54, 1.807) is 6.07 Å². The molecular weight excluding hydrogens is 310 g/mol. The lowest BCUT2D eigenvalue weighted by molar-refractivity contribution is 0.0727. The zero-order valence-corrected chi connectivity index (χ0v) is 13.0. The van der Waals surface area contributed by atoms with Crippen molar-refractivity contribution in [3.05, 3.63) is 35.2 Å². The SMILES string of the molecule is O=C(CS(=O)(=O)N1CCOCC1)c1cc2ccccc2s1. The van der Waals surface area contributed by atoms with Gasteiger partial charge in [0.2, 0.25) is 10.0 Å². The first kappa shape index (κ1) is 14.6. The van der Waals surface area contributed by atoms with Gasteiger partial charge in [0.1, 0.15) is 5.75 Å². The predicted molar refractivity (Wildman–Crippen MR) is 82.3 cm³/mol. The normalized spacial score (nSPS) is 17.1. The molecule has 0 aliphatic carbocycles. The maximum Gasteiger partial charge on any atom is 0.221 e. The van der Waals surface area contributed by atoms with E-state index < -0.39 is 15.8 Å². The van der Waals surface area contributed by atoms with Gasteiger partial charge < -0.3 is 4.74 Å². The number of carbonyl (C=O) groups is 1. The molecule has 0 saturated carbocycles. The van der Waals surface area contributed by atoms with Crippen molar-refractivity contribution in [1.29, 1.82) is 0 Å². The van der Waals surface area contributed by atoms with E-state index >= 15 is 0 Å². The molecule has 2 aromatic rings. The molecular formula is C14H15NO4S2. The van der Waals surface area contributed by atoms with Crippen molar-refractivity contribution >= 4 is 37.2 Å². The highest BCUT2D eigenvalue weighted by Crippen LogP contribution is 2.26. The maximum atomic E-state index is 12.2. The first-order chi connectivity index (χ1) is 10.1. The molecule has 5 nitrogen and oxygen atoms in total. The number of thiophene rings is 1. The first-order valence-electron chi connectivity index (χ1n) is 6.64. The quantitative estimate of drug-likeness (QED) is 0.803. The Hall–Kier alpha value is -1.28. The van der Waals surface area contributed by atoms with Crippen LogP contribution in [0.2, 0.25) is 0 Å². The fourth-order valence-corrected chi connectivity index (χ4v) is 4.74. The highest BCUT2D eigenvalue weighted by atomic mass is 32.2. The number of carbonyl (C=O) groups excluding carboxylic acids is 1. The lowest BCUT2D eigenvalue weighted by atomic mass is 10.2. The van der Waals surface area contributed by atoms with Gasteiger partial charge in [-0.15, -0.1) is 11.3 Å². The van der Waals surface area contributed by atoms with Gasteiger partial charge in [-0.1, -0.05) is 18.2 Å². The standard InChI is InChI=1S/C14H15NO4S2/c16-12(10-21(17,18)15-5-7-19-8-6-15)14-9-11-3-1-2-4-13(11)20-14/h1-4,9H,5-8,10H2. The third-order valence-electron chi connectivity index (χ3n) is 3.38. The number of rotatable bonds is 4. The third-order valence-corrected chi connectivity index (χ3v) is 6.31. The van der Waals surface area contributed by atoms with Gasteiger partial charge in [-0.3, -0.25) is 4.79 Å². The van der Waals surface area contributed by atoms with Crippen LogP contribution < -0.4 is 0 Å². The summed E-state index contributed by atoms with van der Waals surface area (Å²) in [6.07, 6.45) is 0. The Labute approximate surface area is 127 Å². The summed E-state index contributed by atoms with van der Waals surface area (Å²) in [5, 5.41) is 0.967. The Kier molecular flexibility index (Phi) is 4.08. The third kappa shape index (κ3) is 3.16. The molecule has 1 fully saturated rings. The average Bonchev–Trinajstić information content (AvgIpc) is 2.92. The maximum absolute atomic E-state index is 12.2. The molecule has 0 unspecified atom stereocenters. The highest BCUT2D eigenvalue weighted by Gasteiger charge is 2.28. The van der Waals surface area contributed by atoms with E-state index in [4.69, 9.17) is 4.74 Å². The van der Waals surface area contributed by atoms with Crippen molar-refractivity contribution in [3.63, 3.8) is 0 Å². The Morgan fingerprint density at radius 1 is 1.24 bits per heavy atom. The number of Topliss-reactive ketones (excluding diaryl/α,β-unsaturated/α-hetero) is 1. The van der Waals surface area contributed by atoms with Crippen molar-refractivity contribution in [2.24, 2.45) is 0 Å². The molecule has 1 aliphatic rings. The molecule has 0 atom stereocenters. The number of fused-ring (bicyclic) bond motifs is 1. The molecule has 1 aromatic heterocycles. The van der Waals surface area contributed by atoms with Crippen molar-refractivity contribution in [2.75, 3.05) is 32.1 Å². The van der Waals surface area contributed by atoms with Crippen LogP contribution in [-0.2, 0) is 14.8 Å². The molecule has 0 amide bonds. The summed E-state index contributed by atoms with van der Waals surface area (Å²) in [5.41, 5.74) is 0. The smallest absolute Gasteiger partial charge is 0.221 e. The molecule has 21 heavy (non-hydrogen) atoms. The minimum absolute atomic E-state index is 0.321. The molecule has 1 saturated heterocycles. The van der Waals surface area contributed by atoms with E-state index in [-0.39, 0.29) is 5.78 Å². The molecule has 112 valence electrons. The van der Waals surface area contributed by atoms with Crippen LogP contribution in [0.25, 0.3) is 10.1 Å². The predicted octanol–water partition coefficient (Wildman–Crippen LogP) is 1.75. The number of hydrogen-bond donors (Lipinski definition) is 0. The fourth-order valence-electron chi connectivity index (χ4n) is 2.27. The molecule has 0 bridgehead atoms. The van der Waals surface area contributed by atoms with E-state index in [2.05, 4.69) is 0 Å². The van der Waals surface area contributed by atoms with Gasteiger partial charge in [0.15, 0.2) is 5.78 Å². The lowest BCUT2D eigenvalue weighted by Gasteiger charge is -2.25. The second-order valence-corrected chi connectivity index (χ2v) is 7.89. The van der Waals surface area contributed by atoms with Crippen molar-refractivity contribution < 1.29 is 17.9 Å². The van der Waals surface area contributed by atoms with Crippen LogP contribution in [0.4, 0.5) is 0 Å². The van der Waals surface area contributed by atoms with Crippen LogP contribution in [0.15, 0.2) is 30.3 Å². The Balaban J connectivity index is 1.78. The van der Waals surface area contributed by atoms with Crippen LogP contribution in [0.5, 0.6) is 0 Å². The van der Waals surface area contributed by atoms with Gasteiger partial charge in [0, 0.05) is 17.8 Å². The van der Waals surface area contributed by atoms with Gasteiger partial charge in [-0.25, -0.2) is 8.42 Å². The molecule has 0 N–H and O–H groups in total. The number of nitrogens with zero attached hydrogens (tertiary/aromatic N) is 1. The topological polar surface area (TPSA) is 63.7 Å². The number of ether oxygens (including phenoxy) is 1. The van der Waals surface area contributed by atoms with Gasteiger partial charge in [0.25, 0.3) is 0 Å². The van der Waals surface area contributed by atoms with E-state index in [1.165, 1.54) is 15.6 Å². The van der Waals surface area contributed by atoms with E-state index in [9.17, 15) is 13.2 Å². The largest absolute Gasteiger partial charge is 0.379 e. The number of morpholine rings is 1. The Morgan fingerprint density at radius 2 is 1.95 bits per heavy atom. The summed E-state index contributed by atoms with van der Waals surface area (Å²) in [6, 6.07) is 9.40. The summed E-state index contributed by atoms with van der Waals surface area (Å²) in [6.45, 7) is 1.41. The molecule has 0 radical (unpaired) electrons. The van der Waals surface area contributed by atoms with Gasteiger partial charge >= 0.3 is 0 Å². The van der Waals surface area contributed by atoms with Gasteiger partial charge in [0.05, 0.1) is 18.1 Å². The second kappa shape index (κ2) is 5.84. The molecule has 2 heterocycles. The highest BCUT2D eigenvalue weighted by molar-refractivity contribution is 7.89. The summed E-state index contributed by atoms with van der Waals surface area (Å²) in [5.74, 6) is -0.817. The minimum atomic E-state index is -3.56. The number of ketones is 1. The number of sulfonamides is 1. The molecule has 1 aromatic carbocycles. The molecule has 0 spiro atoms. The number of hydrogen-bond acceptors (Lipinski definition) is 5. The first-order valence-corrected chi connectivity index (χ1v) is 9.06. The number of benzene rings is 1. The molecule has 1 aliphatic heterocycles. The van der Waals surface area contributed by atoms with Crippen molar-refractivity contribution in [3.8, 4) is 0 Å². The Bertz CT molecular complexity index is 727. The molecule has 3 rings (SSSR count). The van der Waals surface area contributed by atoms with E-state index in [0.29, 0.717) is 31.2 Å². The van der Waals surface area contributed by atoms with Crippen molar-refractivity contribution in [2.45, 2.75) is 0 Å².